The van der Waals surface area contributed by atoms with E-state index in [9.17, 15) is 9.59 Å². The number of para-hydroxylation sites is 2. The predicted octanol–water partition coefficient (Wildman–Crippen LogP) is 6.39. The van der Waals surface area contributed by atoms with Gasteiger partial charge in [-0.15, -0.1) is 0 Å². The number of nitrogens with zero attached hydrogens (tertiary/aromatic N) is 1. The quantitative estimate of drug-likeness (QED) is 0.325. The lowest BCUT2D eigenvalue weighted by Gasteiger charge is -2.25. The van der Waals surface area contributed by atoms with Crippen molar-refractivity contribution >= 4 is 40.5 Å². The summed E-state index contributed by atoms with van der Waals surface area (Å²) in [5, 5.41) is 0. The van der Waals surface area contributed by atoms with Crippen LogP contribution in [0.2, 0.25) is 0 Å². The highest BCUT2D eigenvalue weighted by molar-refractivity contribution is 6.24. The number of esters is 2. The maximum atomic E-state index is 12.8. The molecule has 0 radical (unpaired) electrons. The molecule has 0 saturated heterocycles. The normalized spacial score (nSPS) is 14.6. The molecule has 0 N–H and O–H groups in total. The van der Waals surface area contributed by atoms with Gasteiger partial charge in [-0.1, -0.05) is 66.7 Å². The van der Waals surface area contributed by atoms with Gasteiger partial charge in [0.15, 0.2) is 11.5 Å². The van der Waals surface area contributed by atoms with Gasteiger partial charge in [0.25, 0.3) is 0 Å². The second kappa shape index (κ2) is 8.47. The molecule has 5 nitrogen and oxygen atoms in total. The smallest absolute Gasteiger partial charge is 0.348 e. The molecule has 4 aromatic rings. The van der Waals surface area contributed by atoms with Gasteiger partial charge < -0.3 is 14.4 Å². The minimum atomic E-state index is -0.584. The Morgan fingerprint density at radius 2 is 0.800 bits per heavy atom. The van der Waals surface area contributed by atoms with Gasteiger partial charge in [0.2, 0.25) is 0 Å². The molecule has 168 valence electrons. The number of hydrogen-bond donors (Lipinski definition) is 0. The van der Waals surface area contributed by atoms with E-state index in [1.54, 1.807) is 12.1 Å². The molecule has 0 atom stereocenters. The van der Waals surface area contributed by atoms with Crippen molar-refractivity contribution in [3.63, 3.8) is 0 Å². The maximum Gasteiger partial charge on any atom is 0.348 e. The Morgan fingerprint density at radius 3 is 1.26 bits per heavy atom. The summed E-state index contributed by atoms with van der Waals surface area (Å²) in [6.45, 7) is 0. The van der Waals surface area contributed by atoms with Gasteiger partial charge in [0.05, 0.1) is 0 Å². The van der Waals surface area contributed by atoms with E-state index in [4.69, 9.17) is 9.47 Å². The van der Waals surface area contributed by atoms with Crippen molar-refractivity contribution in [3.8, 4) is 0 Å². The highest BCUT2D eigenvalue weighted by Crippen LogP contribution is 2.44. The van der Waals surface area contributed by atoms with Crippen LogP contribution in [0.3, 0.4) is 0 Å². The van der Waals surface area contributed by atoms with E-state index in [-0.39, 0.29) is 22.7 Å². The van der Waals surface area contributed by atoms with Crippen molar-refractivity contribution in [2.75, 3.05) is 4.90 Å². The van der Waals surface area contributed by atoms with Crippen LogP contribution in [0, 0.1) is 0 Å². The Hall–Kier alpha value is -4.90. The van der Waals surface area contributed by atoms with Crippen LogP contribution in [0.25, 0.3) is 11.5 Å². The van der Waals surface area contributed by atoms with Crippen molar-refractivity contribution < 1.29 is 19.1 Å². The van der Waals surface area contributed by atoms with E-state index in [2.05, 4.69) is 4.90 Å². The summed E-state index contributed by atoms with van der Waals surface area (Å²) in [6.07, 6.45) is 0. The Bertz CT molecular complexity index is 1450. The van der Waals surface area contributed by atoms with E-state index in [1.165, 1.54) is 0 Å². The van der Waals surface area contributed by atoms with E-state index in [1.807, 2.05) is 103 Å². The van der Waals surface area contributed by atoms with Gasteiger partial charge in [0.1, 0.15) is 11.1 Å². The number of anilines is 3. The van der Waals surface area contributed by atoms with Gasteiger partial charge in [-0.05, 0) is 48.5 Å². The average molecular weight is 457 g/mol. The molecule has 0 unspecified atom stereocenters. The number of cyclic esters (lactones) is 2. The van der Waals surface area contributed by atoms with Gasteiger partial charge in [-0.25, -0.2) is 9.59 Å². The molecule has 0 amide bonds. The Balaban J connectivity index is 1.41. The molecule has 0 spiro atoms. The molecule has 0 saturated carbocycles. The second-order valence-corrected chi connectivity index (χ2v) is 8.11. The zero-order valence-corrected chi connectivity index (χ0v) is 18.5. The number of carbonyl (C=O) groups excluding carboxylic acids is 2. The summed E-state index contributed by atoms with van der Waals surface area (Å²) in [5.41, 5.74) is 4.58. The van der Waals surface area contributed by atoms with Gasteiger partial charge >= 0.3 is 11.9 Å². The minimum Gasteiger partial charge on any atom is -0.421 e. The first-order valence-corrected chi connectivity index (χ1v) is 11.2. The topological polar surface area (TPSA) is 55.8 Å². The molecule has 5 heteroatoms. The highest BCUT2D eigenvalue weighted by Gasteiger charge is 2.45. The third kappa shape index (κ3) is 3.60. The summed E-state index contributed by atoms with van der Waals surface area (Å²) in [7, 11) is 0. The van der Waals surface area contributed by atoms with Crippen LogP contribution in [0.4, 0.5) is 17.1 Å². The van der Waals surface area contributed by atoms with Crippen LogP contribution in [0.15, 0.2) is 126 Å². The van der Waals surface area contributed by atoms with Crippen LogP contribution in [0.1, 0.15) is 11.1 Å². The van der Waals surface area contributed by atoms with Gasteiger partial charge in [-0.3, -0.25) is 0 Å². The number of ether oxygens (including phenoxy) is 2. The van der Waals surface area contributed by atoms with Gasteiger partial charge in [0, 0.05) is 28.2 Å². The minimum absolute atomic E-state index is 0.171. The summed E-state index contributed by atoms with van der Waals surface area (Å²) in [5.74, 6) is -0.710. The van der Waals surface area contributed by atoms with Crippen LogP contribution in [-0.2, 0) is 19.1 Å². The largest absolute Gasteiger partial charge is 0.421 e. The molecule has 2 aliphatic rings. The van der Waals surface area contributed by atoms with Crippen molar-refractivity contribution in [1.82, 2.24) is 0 Å². The maximum absolute atomic E-state index is 12.8. The Kier molecular flexibility index (Phi) is 5.00. The van der Waals surface area contributed by atoms with Crippen molar-refractivity contribution in [3.05, 3.63) is 138 Å². The molecular formula is C30H19NO4. The number of benzene rings is 4. The number of fused-ring (bicyclic) bond motifs is 1. The number of rotatable bonds is 5. The molecule has 0 bridgehead atoms. The van der Waals surface area contributed by atoms with Gasteiger partial charge in [-0.2, -0.15) is 0 Å². The standard InChI is InChI=1S/C30H19NO4/c32-29-25-26(30(33)34-27(25)20-10-4-1-5-11-20)28(35-29)21-16-18-24(19-17-21)31(22-12-6-2-7-13-22)23-14-8-3-9-15-23/h1-19H. The van der Waals surface area contributed by atoms with Crippen LogP contribution >= 0.6 is 0 Å². The SMILES string of the molecule is O=C1OC(c2ccc(N(c3ccccc3)c3ccccc3)cc2)=C2C(=O)OC(c3ccccc3)=C12. The van der Waals surface area contributed by atoms with Crippen LogP contribution in [0.5, 0.6) is 0 Å². The molecule has 2 aliphatic heterocycles. The molecule has 35 heavy (non-hydrogen) atoms. The monoisotopic (exact) mass is 457 g/mol. The molecule has 0 fully saturated rings. The number of carbonyl (C=O) groups is 2. The molecule has 0 aliphatic carbocycles. The summed E-state index contributed by atoms with van der Waals surface area (Å²) >= 11 is 0. The molecule has 4 aromatic carbocycles. The van der Waals surface area contributed by atoms with E-state index in [0.29, 0.717) is 11.1 Å². The lowest BCUT2D eigenvalue weighted by molar-refractivity contribution is -0.131. The fraction of sp³-hybridized carbons (Fsp3) is 0. The first-order chi connectivity index (χ1) is 17.2. The summed E-state index contributed by atoms with van der Waals surface area (Å²) < 4.78 is 11.1. The first kappa shape index (κ1) is 20.7. The van der Waals surface area contributed by atoms with Crippen molar-refractivity contribution in [1.29, 1.82) is 0 Å². The lowest BCUT2D eigenvalue weighted by Crippen LogP contribution is -2.09. The fourth-order valence-electron chi connectivity index (χ4n) is 4.37. The van der Waals surface area contributed by atoms with Crippen LogP contribution in [-0.4, -0.2) is 11.9 Å². The van der Waals surface area contributed by atoms with Crippen molar-refractivity contribution in [2.45, 2.75) is 0 Å². The first-order valence-electron chi connectivity index (χ1n) is 11.2. The summed E-state index contributed by atoms with van der Waals surface area (Å²) in [4.78, 5) is 27.6. The lowest BCUT2D eigenvalue weighted by atomic mass is 10.0. The van der Waals surface area contributed by atoms with E-state index < -0.39 is 11.9 Å². The zero-order chi connectivity index (χ0) is 23.8. The molecule has 6 rings (SSSR count). The third-order valence-corrected chi connectivity index (χ3v) is 5.95. The zero-order valence-electron chi connectivity index (χ0n) is 18.5. The van der Waals surface area contributed by atoms with E-state index >= 15 is 0 Å². The van der Waals surface area contributed by atoms with Crippen molar-refractivity contribution in [2.24, 2.45) is 0 Å². The average Bonchev–Trinajstić information content (AvgIpc) is 3.44. The highest BCUT2D eigenvalue weighted by atomic mass is 16.6. The second-order valence-electron chi connectivity index (χ2n) is 8.11. The third-order valence-electron chi connectivity index (χ3n) is 5.95. The Morgan fingerprint density at radius 1 is 0.429 bits per heavy atom. The van der Waals surface area contributed by atoms with Crippen LogP contribution < -0.4 is 4.90 Å². The molecule has 2 heterocycles. The predicted molar refractivity (Wildman–Crippen MR) is 134 cm³/mol. The number of hydrogen-bond acceptors (Lipinski definition) is 5. The molecular weight excluding hydrogens is 438 g/mol. The van der Waals surface area contributed by atoms with E-state index in [0.717, 1.165) is 17.1 Å². The Labute approximate surface area is 202 Å². The molecule has 0 aromatic heterocycles. The summed E-state index contributed by atoms with van der Waals surface area (Å²) in [6, 6.07) is 36.8. The fourth-order valence-corrected chi connectivity index (χ4v) is 4.37.